The molecule has 2 heterocycles. The molecule has 3 aromatic rings. The van der Waals surface area contributed by atoms with Gasteiger partial charge in [-0.05, 0) is 30.3 Å². The first kappa shape index (κ1) is 22.7. The van der Waals surface area contributed by atoms with E-state index in [4.69, 9.17) is 11.6 Å². The maximum absolute atomic E-state index is 12.7. The van der Waals surface area contributed by atoms with E-state index in [2.05, 4.69) is 10.3 Å². The summed E-state index contributed by atoms with van der Waals surface area (Å²) in [5.41, 5.74) is 0.608. The lowest BCUT2D eigenvalue weighted by Gasteiger charge is -2.19. The Labute approximate surface area is 188 Å². The highest BCUT2D eigenvalue weighted by Crippen LogP contribution is 2.33. The molecule has 0 atom stereocenters. The smallest absolute Gasteiger partial charge is 0.243 e. The standard InChI is InChI=1S/C19H20ClN3O4S3/c1-3-23(4-2)30(26,27)13-5-6-15(24)14(10-13)22-18(25)9-12-11-28-19(21-12)16-7-8-17(20)29-16/h5-8,10-11,24H,3-4,9H2,1-2H3,(H,22,25). The number of benzene rings is 1. The molecule has 0 bridgehead atoms. The summed E-state index contributed by atoms with van der Waals surface area (Å²) < 4.78 is 27.3. The number of phenols is 1. The Morgan fingerprint density at radius 3 is 2.60 bits per heavy atom. The highest BCUT2D eigenvalue weighted by atomic mass is 35.5. The molecule has 0 saturated carbocycles. The molecule has 0 aliphatic rings. The second-order valence-electron chi connectivity index (χ2n) is 6.24. The number of sulfonamides is 1. The van der Waals surface area contributed by atoms with Crippen LogP contribution in [0.5, 0.6) is 5.75 Å². The van der Waals surface area contributed by atoms with Gasteiger partial charge in [-0.3, -0.25) is 4.79 Å². The molecule has 0 aliphatic heterocycles. The van der Waals surface area contributed by atoms with E-state index in [1.807, 2.05) is 6.07 Å². The summed E-state index contributed by atoms with van der Waals surface area (Å²) in [6.45, 7) is 4.14. The molecule has 1 amide bonds. The van der Waals surface area contributed by atoms with E-state index in [1.54, 1.807) is 25.3 Å². The number of thiophene rings is 1. The SMILES string of the molecule is CCN(CC)S(=O)(=O)c1ccc(O)c(NC(=O)Cc2csc(-c3ccc(Cl)s3)n2)c1. The van der Waals surface area contributed by atoms with Crippen molar-refractivity contribution >= 4 is 55.9 Å². The molecule has 11 heteroatoms. The van der Waals surface area contributed by atoms with Crippen LogP contribution in [0.1, 0.15) is 19.5 Å². The van der Waals surface area contributed by atoms with Crippen LogP contribution in [-0.2, 0) is 21.2 Å². The molecular formula is C19H20ClN3O4S3. The summed E-state index contributed by atoms with van der Waals surface area (Å²) in [7, 11) is -3.71. The van der Waals surface area contributed by atoms with Crippen molar-refractivity contribution in [1.29, 1.82) is 0 Å². The third-order valence-corrected chi connectivity index (χ3v) is 8.60. The van der Waals surface area contributed by atoms with Crippen LogP contribution in [0.3, 0.4) is 0 Å². The van der Waals surface area contributed by atoms with E-state index in [9.17, 15) is 18.3 Å². The van der Waals surface area contributed by atoms with Crippen LogP contribution in [0.15, 0.2) is 40.6 Å². The number of hydrogen-bond acceptors (Lipinski definition) is 7. The highest BCUT2D eigenvalue weighted by Gasteiger charge is 2.23. The Hall–Kier alpha value is -1.98. The molecule has 2 aromatic heterocycles. The first-order chi connectivity index (χ1) is 14.2. The quantitative estimate of drug-likeness (QED) is 0.459. The summed E-state index contributed by atoms with van der Waals surface area (Å²) in [6, 6.07) is 7.50. The van der Waals surface area contributed by atoms with E-state index in [0.717, 1.165) is 9.88 Å². The van der Waals surface area contributed by atoms with Gasteiger partial charge in [0.1, 0.15) is 10.8 Å². The number of amides is 1. The van der Waals surface area contributed by atoms with Crippen LogP contribution in [0, 0.1) is 0 Å². The number of carbonyl (C=O) groups is 1. The van der Waals surface area contributed by atoms with Crippen LogP contribution < -0.4 is 5.32 Å². The topological polar surface area (TPSA) is 99.6 Å². The number of thiazole rings is 1. The number of aromatic nitrogens is 1. The van der Waals surface area contributed by atoms with Gasteiger partial charge in [0.15, 0.2) is 0 Å². The van der Waals surface area contributed by atoms with Crippen molar-refractivity contribution in [3.63, 3.8) is 0 Å². The first-order valence-corrected chi connectivity index (χ1v) is 12.6. The molecule has 7 nitrogen and oxygen atoms in total. The average molecular weight is 486 g/mol. The summed E-state index contributed by atoms with van der Waals surface area (Å²) in [6.07, 6.45) is -0.0118. The number of phenolic OH excluding ortho intramolecular Hbond substituents is 1. The van der Waals surface area contributed by atoms with Crippen molar-refractivity contribution in [1.82, 2.24) is 9.29 Å². The molecule has 0 spiro atoms. The molecule has 30 heavy (non-hydrogen) atoms. The summed E-state index contributed by atoms with van der Waals surface area (Å²) >= 11 is 8.77. The fraction of sp³-hybridized carbons (Fsp3) is 0.263. The molecule has 3 rings (SSSR count). The fourth-order valence-corrected chi connectivity index (χ4v) is 6.20. The van der Waals surface area contributed by atoms with Crippen LogP contribution in [-0.4, -0.2) is 41.8 Å². The van der Waals surface area contributed by atoms with Crippen molar-refractivity contribution < 1.29 is 18.3 Å². The van der Waals surface area contributed by atoms with E-state index in [-0.39, 0.29) is 22.8 Å². The predicted octanol–water partition coefficient (Wildman–Crippen LogP) is 4.44. The maximum atomic E-state index is 12.7. The Bertz CT molecular complexity index is 1150. The lowest BCUT2D eigenvalue weighted by atomic mass is 10.2. The fourth-order valence-electron chi connectivity index (χ4n) is 2.78. The Kier molecular flexibility index (Phi) is 7.14. The number of nitrogens with zero attached hydrogens (tertiary/aromatic N) is 2. The second kappa shape index (κ2) is 9.44. The predicted molar refractivity (Wildman–Crippen MR) is 121 cm³/mol. The average Bonchev–Trinajstić information content (AvgIpc) is 3.33. The molecule has 0 unspecified atom stereocenters. The zero-order valence-electron chi connectivity index (χ0n) is 16.3. The minimum atomic E-state index is -3.71. The van der Waals surface area contributed by atoms with Gasteiger partial charge in [-0.15, -0.1) is 22.7 Å². The van der Waals surface area contributed by atoms with Gasteiger partial charge >= 0.3 is 0 Å². The number of aromatic hydroxyl groups is 1. The normalized spacial score (nSPS) is 11.7. The molecule has 0 aliphatic carbocycles. The number of halogens is 1. The van der Waals surface area contributed by atoms with Gasteiger partial charge in [-0.25, -0.2) is 13.4 Å². The second-order valence-corrected chi connectivity index (χ2v) is 10.8. The van der Waals surface area contributed by atoms with E-state index >= 15 is 0 Å². The van der Waals surface area contributed by atoms with Gasteiger partial charge in [0.2, 0.25) is 15.9 Å². The van der Waals surface area contributed by atoms with Gasteiger partial charge in [-0.2, -0.15) is 4.31 Å². The lowest BCUT2D eigenvalue weighted by molar-refractivity contribution is -0.115. The first-order valence-electron chi connectivity index (χ1n) is 9.07. The van der Waals surface area contributed by atoms with Crippen molar-refractivity contribution in [2.45, 2.75) is 25.2 Å². The van der Waals surface area contributed by atoms with Crippen molar-refractivity contribution in [2.75, 3.05) is 18.4 Å². The summed E-state index contributed by atoms with van der Waals surface area (Å²) in [5.74, 6) is -0.627. The maximum Gasteiger partial charge on any atom is 0.243 e. The largest absolute Gasteiger partial charge is 0.506 e. The van der Waals surface area contributed by atoms with Crippen LogP contribution >= 0.6 is 34.3 Å². The number of rotatable bonds is 8. The van der Waals surface area contributed by atoms with Crippen LogP contribution in [0.25, 0.3) is 9.88 Å². The Balaban J connectivity index is 1.75. The van der Waals surface area contributed by atoms with Crippen molar-refractivity contribution in [3.8, 4) is 15.6 Å². The van der Waals surface area contributed by atoms with Gasteiger partial charge in [0, 0.05) is 18.5 Å². The third-order valence-electron chi connectivity index (χ3n) is 4.26. The molecule has 2 N–H and O–H groups in total. The summed E-state index contributed by atoms with van der Waals surface area (Å²) in [5, 5.41) is 15.2. The zero-order valence-corrected chi connectivity index (χ0v) is 19.5. The number of nitrogens with one attached hydrogen (secondary N) is 1. The van der Waals surface area contributed by atoms with E-state index < -0.39 is 15.9 Å². The molecular weight excluding hydrogens is 466 g/mol. The number of anilines is 1. The minimum absolute atomic E-state index is 0.00446. The highest BCUT2D eigenvalue weighted by molar-refractivity contribution is 7.89. The summed E-state index contributed by atoms with van der Waals surface area (Å²) in [4.78, 5) is 17.8. The van der Waals surface area contributed by atoms with Crippen LogP contribution in [0.2, 0.25) is 4.34 Å². The van der Waals surface area contributed by atoms with Crippen LogP contribution in [0.4, 0.5) is 5.69 Å². The molecule has 0 fully saturated rings. The minimum Gasteiger partial charge on any atom is -0.506 e. The van der Waals surface area contributed by atoms with E-state index in [0.29, 0.717) is 23.1 Å². The molecule has 0 radical (unpaired) electrons. The Morgan fingerprint density at radius 1 is 1.23 bits per heavy atom. The molecule has 160 valence electrons. The van der Waals surface area contributed by atoms with Gasteiger partial charge in [0.05, 0.1) is 31.9 Å². The lowest BCUT2D eigenvalue weighted by Crippen LogP contribution is -2.30. The zero-order chi connectivity index (χ0) is 21.9. The number of hydrogen-bond donors (Lipinski definition) is 2. The third kappa shape index (κ3) is 5.01. The van der Waals surface area contributed by atoms with Crippen molar-refractivity contribution in [2.24, 2.45) is 0 Å². The van der Waals surface area contributed by atoms with Gasteiger partial charge in [-0.1, -0.05) is 25.4 Å². The number of carbonyl (C=O) groups excluding carboxylic acids is 1. The van der Waals surface area contributed by atoms with E-state index in [1.165, 1.54) is 45.2 Å². The molecule has 0 saturated heterocycles. The monoisotopic (exact) mass is 485 g/mol. The Morgan fingerprint density at radius 2 is 1.97 bits per heavy atom. The van der Waals surface area contributed by atoms with Gasteiger partial charge < -0.3 is 10.4 Å². The molecule has 1 aromatic carbocycles. The van der Waals surface area contributed by atoms with Crippen molar-refractivity contribution in [3.05, 3.63) is 45.7 Å². The van der Waals surface area contributed by atoms with Gasteiger partial charge in [0.25, 0.3) is 0 Å².